The van der Waals surface area contributed by atoms with E-state index in [1.54, 1.807) is 47.4 Å². The van der Waals surface area contributed by atoms with Crippen LogP contribution in [0.25, 0.3) is 11.3 Å². The molecule has 9 heteroatoms. The van der Waals surface area contributed by atoms with Crippen LogP contribution in [0.15, 0.2) is 71.1 Å². The van der Waals surface area contributed by atoms with Crippen molar-refractivity contribution in [3.8, 4) is 11.3 Å². The smallest absolute Gasteiger partial charge is 0.450 e. The van der Waals surface area contributed by atoms with E-state index in [9.17, 15) is 22.8 Å². The fourth-order valence-corrected chi connectivity index (χ4v) is 4.58. The second-order valence-electron chi connectivity index (χ2n) is 8.78. The van der Waals surface area contributed by atoms with Crippen molar-refractivity contribution in [2.24, 2.45) is 0 Å². The molecule has 0 radical (unpaired) electrons. The SMILES string of the molecule is O=C(c1ccccc1)N1CCN(C2CN(C(=O)c3cc(-c4ccccc4)oc3C(F)(F)F)C2)CC1. The summed E-state index contributed by atoms with van der Waals surface area (Å²) in [6, 6.07) is 18.8. The predicted molar refractivity (Wildman–Crippen MR) is 123 cm³/mol. The van der Waals surface area contributed by atoms with Crippen LogP contribution >= 0.6 is 0 Å². The van der Waals surface area contributed by atoms with Gasteiger partial charge in [-0.05, 0) is 18.2 Å². The molecule has 2 aliphatic heterocycles. The first-order chi connectivity index (χ1) is 16.8. The van der Waals surface area contributed by atoms with Crippen LogP contribution in [0, 0.1) is 0 Å². The molecule has 2 fully saturated rings. The lowest BCUT2D eigenvalue weighted by Gasteiger charge is -2.48. The minimum Gasteiger partial charge on any atom is -0.451 e. The van der Waals surface area contributed by atoms with E-state index < -0.39 is 23.4 Å². The van der Waals surface area contributed by atoms with E-state index in [0.717, 1.165) is 0 Å². The fraction of sp³-hybridized carbons (Fsp3) is 0.308. The molecule has 2 amide bonds. The number of piperazine rings is 1. The molecule has 0 N–H and O–H groups in total. The first-order valence-corrected chi connectivity index (χ1v) is 11.5. The number of halogens is 3. The summed E-state index contributed by atoms with van der Waals surface area (Å²) < 4.78 is 45.9. The van der Waals surface area contributed by atoms with Crippen LogP contribution in [-0.2, 0) is 6.18 Å². The zero-order valence-corrected chi connectivity index (χ0v) is 18.9. The highest BCUT2D eigenvalue weighted by molar-refractivity contribution is 5.97. The third kappa shape index (κ3) is 4.68. The summed E-state index contributed by atoms with van der Waals surface area (Å²) in [6.45, 7) is 3.13. The molecular formula is C26H24F3N3O3. The number of carbonyl (C=O) groups is 2. The molecule has 3 heterocycles. The van der Waals surface area contributed by atoms with Crippen molar-refractivity contribution in [2.75, 3.05) is 39.3 Å². The zero-order valence-electron chi connectivity index (χ0n) is 18.9. The first kappa shape index (κ1) is 23.2. The molecule has 6 nitrogen and oxygen atoms in total. The summed E-state index contributed by atoms with van der Waals surface area (Å²) in [5.41, 5.74) is 0.659. The summed E-state index contributed by atoms with van der Waals surface area (Å²) in [7, 11) is 0. The maximum atomic E-state index is 13.6. The van der Waals surface area contributed by atoms with E-state index in [1.165, 1.54) is 11.0 Å². The summed E-state index contributed by atoms with van der Waals surface area (Å²) in [6.07, 6.45) is -4.77. The Morgan fingerprint density at radius 1 is 0.800 bits per heavy atom. The van der Waals surface area contributed by atoms with Crippen molar-refractivity contribution < 1.29 is 27.2 Å². The molecule has 0 bridgehead atoms. The van der Waals surface area contributed by atoms with Gasteiger partial charge in [0.2, 0.25) is 5.76 Å². The average Bonchev–Trinajstić information content (AvgIpc) is 3.31. The highest BCUT2D eigenvalue weighted by Crippen LogP contribution is 2.38. The van der Waals surface area contributed by atoms with Gasteiger partial charge >= 0.3 is 6.18 Å². The van der Waals surface area contributed by atoms with Crippen LogP contribution in [0.4, 0.5) is 13.2 Å². The number of likely N-dealkylation sites (tertiary alicyclic amines) is 1. The van der Waals surface area contributed by atoms with Gasteiger partial charge in [0.05, 0.1) is 5.56 Å². The lowest BCUT2D eigenvalue weighted by atomic mass is 10.0. The van der Waals surface area contributed by atoms with Gasteiger partial charge in [0, 0.05) is 56.4 Å². The molecule has 182 valence electrons. The van der Waals surface area contributed by atoms with Crippen LogP contribution in [0.5, 0.6) is 0 Å². The molecule has 2 saturated heterocycles. The van der Waals surface area contributed by atoms with Gasteiger partial charge in [-0.25, -0.2) is 0 Å². The molecule has 0 unspecified atom stereocenters. The summed E-state index contributed by atoms with van der Waals surface area (Å²) >= 11 is 0. The van der Waals surface area contributed by atoms with Crippen molar-refractivity contribution in [3.05, 3.63) is 83.6 Å². The standard InChI is InChI=1S/C26H24F3N3O3/c27-26(28,29)23-21(15-22(35-23)18-7-3-1-4-8-18)25(34)32-16-20(17-32)30-11-13-31(14-12-30)24(33)19-9-5-2-6-10-19/h1-10,15,20H,11-14,16-17H2. The van der Waals surface area contributed by atoms with E-state index >= 15 is 0 Å². The quantitative estimate of drug-likeness (QED) is 0.557. The third-order valence-electron chi connectivity index (χ3n) is 6.57. The van der Waals surface area contributed by atoms with Gasteiger partial charge < -0.3 is 14.2 Å². The Labute approximate surface area is 200 Å². The van der Waals surface area contributed by atoms with Crippen LogP contribution in [0.2, 0.25) is 0 Å². The third-order valence-corrected chi connectivity index (χ3v) is 6.57. The number of hydrogen-bond acceptors (Lipinski definition) is 4. The first-order valence-electron chi connectivity index (χ1n) is 11.5. The molecule has 0 saturated carbocycles. The number of alkyl halides is 3. The number of rotatable bonds is 4. The molecule has 5 rings (SSSR count). The normalized spacial score (nSPS) is 17.3. The minimum atomic E-state index is -4.77. The van der Waals surface area contributed by atoms with Crippen molar-refractivity contribution in [2.45, 2.75) is 12.2 Å². The largest absolute Gasteiger partial charge is 0.451 e. The van der Waals surface area contributed by atoms with Crippen LogP contribution in [0.3, 0.4) is 0 Å². The highest BCUT2D eigenvalue weighted by Gasteiger charge is 2.44. The minimum absolute atomic E-state index is 0.00970. The lowest BCUT2D eigenvalue weighted by molar-refractivity contribution is -0.153. The Kier molecular flexibility index (Phi) is 6.10. The van der Waals surface area contributed by atoms with Gasteiger partial charge in [-0.2, -0.15) is 13.2 Å². The molecule has 0 spiro atoms. The highest BCUT2D eigenvalue weighted by atomic mass is 19.4. The maximum Gasteiger partial charge on any atom is 0.450 e. The molecule has 0 atom stereocenters. The summed E-state index contributed by atoms with van der Waals surface area (Å²) in [5, 5.41) is 0. The monoisotopic (exact) mass is 483 g/mol. The van der Waals surface area contributed by atoms with Crippen molar-refractivity contribution in [1.82, 2.24) is 14.7 Å². The predicted octanol–water partition coefficient (Wildman–Crippen LogP) is 4.25. The zero-order chi connectivity index (χ0) is 24.6. The van der Waals surface area contributed by atoms with Crippen LogP contribution < -0.4 is 0 Å². The molecule has 3 aromatic rings. The van der Waals surface area contributed by atoms with Gasteiger partial charge in [0.25, 0.3) is 11.8 Å². The van der Waals surface area contributed by atoms with E-state index in [4.69, 9.17) is 4.42 Å². The Balaban J connectivity index is 1.21. The van der Waals surface area contributed by atoms with Gasteiger partial charge in [-0.1, -0.05) is 48.5 Å². The molecule has 35 heavy (non-hydrogen) atoms. The van der Waals surface area contributed by atoms with E-state index in [-0.39, 0.29) is 17.7 Å². The molecule has 0 aliphatic carbocycles. The van der Waals surface area contributed by atoms with Gasteiger partial charge in [0.1, 0.15) is 5.76 Å². The van der Waals surface area contributed by atoms with Gasteiger partial charge in [0.15, 0.2) is 0 Å². The van der Waals surface area contributed by atoms with Crippen LogP contribution in [-0.4, -0.2) is 71.8 Å². The maximum absolute atomic E-state index is 13.6. The number of nitrogens with zero attached hydrogens (tertiary/aromatic N) is 3. The van der Waals surface area contributed by atoms with E-state index in [2.05, 4.69) is 4.90 Å². The topological polar surface area (TPSA) is 57.0 Å². The number of amides is 2. The van der Waals surface area contributed by atoms with Crippen LogP contribution in [0.1, 0.15) is 26.5 Å². The van der Waals surface area contributed by atoms with Gasteiger partial charge in [-0.15, -0.1) is 0 Å². The summed E-state index contributed by atoms with van der Waals surface area (Å²) in [4.78, 5) is 31.0. The van der Waals surface area contributed by atoms with Crippen molar-refractivity contribution >= 4 is 11.8 Å². The lowest BCUT2D eigenvalue weighted by Crippen LogP contribution is -2.64. The average molecular weight is 483 g/mol. The van der Waals surface area contributed by atoms with E-state index in [0.29, 0.717) is 50.4 Å². The van der Waals surface area contributed by atoms with Gasteiger partial charge in [-0.3, -0.25) is 14.5 Å². The molecule has 1 aromatic heterocycles. The molecular weight excluding hydrogens is 459 g/mol. The fourth-order valence-electron chi connectivity index (χ4n) is 4.58. The van der Waals surface area contributed by atoms with Crippen molar-refractivity contribution in [1.29, 1.82) is 0 Å². The second-order valence-corrected chi connectivity index (χ2v) is 8.78. The Morgan fingerprint density at radius 2 is 1.40 bits per heavy atom. The Bertz CT molecular complexity index is 1200. The number of hydrogen-bond donors (Lipinski definition) is 0. The Hall–Kier alpha value is -3.59. The molecule has 2 aliphatic rings. The Morgan fingerprint density at radius 3 is 2.00 bits per heavy atom. The van der Waals surface area contributed by atoms with Crippen molar-refractivity contribution in [3.63, 3.8) is 0 Å². The number of benzene rings is 2. The summed E-state index contributed by atoms with van der Waals surface area (Å²) in [5.74, 6) is -1.95. The van der Waals surface area contributed by atoms with E-state index in [1.807, 2.05) is 18.2 Å². The second kappa shape index (κ2) is 9.22. The number of carbonyl (C=O) groups excluding carboxylic acids is 2. The molecule has 2 aromatic carbocycles. The number of furan rings is 1.